The molecule has 2 heterocycles. The highest BCUT2D eigenvalue weighted by atomic mass is 32.3. The Morgan fingerprint density at radius 3 is 1.58 bits per heavy atom. The zero-order chi connectivity index (χ0) is 33.4. The SMILES string of the molecule is CN1CC=C(OC(=O)C(F)(F)F)CC1.CN1CCC(=O)CC1.O=S(=O)(N(c1ccccc1)S(=O)(=O)C(F)(F)F)C(F)(F)F.[2HH]. The molecule has 0 aromatic heterocycles. The van der Waals surface area contributed by atoms with Gasteiger partial charge in [0.25, 0.3) is 0 Å². The maximum Gasteiger partial charge on any atom is 0.517 e. The lowest BCUT2D eigenvalue weighted by Gasteiger charge is -2.25. The molecule has 2 aliphatic rings. The largest absolute Gasteiger partial charge is 0.517 e. The van der Waals surface area contributed by atoms with E-state index in [1.54, 1.807) is 0 Å². The van der Waals surface area contributed by atoms with E-state index in [4.69, 9.17) is 0 Å². The molecule has 1 aromatic carbocycles. The molecule has 1 fully saturated rings. The Hall–Kier alpha value is -2.91. The van der Waals surface area contributed by atoms with E-state index in [0.717, 1.165) is 44.1 Å². The molecule has 21 heteroatoms. The first-order chi connectivity index (χ1) is 19.4. The minimum Gasteiger partial charge on any atom is -0.425 e. The number of carbonyl (C=O) groups is 2. The number of likely N-dealkylation sites (tertiary alicyclic amines) is 1. The van der Waals surface area contributed by atoms with E-state index in [9.17, 15) is 65.9 Å². The van der Waals surface area contributed by atoms with Gasteiger partial charge in [-0.15, -0.1) is 3.71 Å². The predicted molar refractivity (Wildman–Crippen MR) is 135 cm³/mol. The second kappa shape index (κ2) is 14.7. The number of ether oxygens (including phenoxy) is 1. The Kier molecular flexibility index (Phi) is 13.0. The third-order valence-corrected chi connectivity index (χ3v) is 9.00. The van der Waals surface area contributed by atoms with Gasteiger partial charge in [-0.3, -0.25) is 4.79 Å². The van der Waals surface area contributed by atoms with Crippen LogP contribution in [0.5, 0.6) is 0 Å². The van der Waals surface area contributed by atoms with E-state index in [-0.39, 0.29) is 7.19 Å². The van der Waals surface area contributed by atoms with Gasteiger partial charge in [-0.2, -0.15) is 56.3 Å². The van der Waals surface area contributed by atoms with Crippen molar-refractivity contribution in [3.05, 3.63) is 42.2 Å². The van der Waals surface area contributed by atoms with Gasteiger partial charge in [0.15, 0.2) is 0 Å². The first-order valence-corrected chi connectivity index (χ1v) is 14.6. The number of halogens is 9. The summed E-state index contributed by atoms with van der Waals surface area (Å²) < 4.78 is 157. The van der Waals surface area contributed by atoms with Gasteiger partial charge in [-0.1, -0.05) is 18.2 Å². The summed E-state index contributed by atoms with van der Waals surface area (Å²) in [5.74, 6) is -1.62. The summed E-state index contributed by atoms with van der Waals surface area (Å²) in [5.41, 5.74) is -13.8. The molecule has 0 spiro atoms. The Balaban J connectivity index is 0.000000689. The van der Waals surface area contributed by atoms with Crippen LogP contribution in [-0.4, -0.2) is 95.9 Å². The summed E-state index contributed by atoms with van der Waals surface area (Å²) in [5, 5.41) is 0. The summed E-state index contributed by atoms with van der Waals surface area (Å²) in [6.07, 6.45) is -1.58. The van der Waals surface area contributed by atoms with Crippen molar-refractivity contribution in [3.8, 4) is 0 Å². The monoisotopic (exact) mass is 682 g/mol. The Labute approximate surface area is 242 Å². The normalized spacial score (nSPS) is 17.5. The molecule has 0 atom stereocenters. The molecule has 10 nitrogen and oxygen atoms in total. The fraction of sp³-hybridized carbons (Fsp3) is 0.545. The molecule has 2 aliphatic heterocycles. The van der Waals surface area contributed by atoms with Crippen molar-refractivity contribution >= 4 is 37.5 Å². The summed E-state index contributed by atoms with van der Waals surface area (Å²) >= 11 is 0. The lowest BCUT2D eigenvalue weighted by atomic mass is 10.1. The van der Waals surface area contributed by atoms with Crippen LogP contribution in [0.25, 0.3) is 0 Å². The van der Waals surface area contributed by atoms with Crippen molar-refractivity contribution in [1.82, 2.24) is 9.80 Å². The number of benzene rings is 1. The number of ketones is 1. The third-order valence-electron chi connectivity index (χ3n) is 5.36. The number of alkyl halides is 9. The summed E-state index contributed by atoms with van der Waals surface area (Å²) in [6, 6.07) is 3.85. The first kappa shape index (κ1) is 38.1. The number of nitrogens with zero attached hydrogens (tertiary/aromatic N) is 3. The van der Waals surface area contributed by atoms with Gasteiger partial charge in [-0.25, -0.2) is 4.79 Å². The number of piperidine rings is 1. The number of Topliss-reactive ketones (excluding diaryl/α,β-unsaturated/α-hetero) is 1. The number of anilines is 1. The van der Waals surface area contributed by atoms with Crippen LogP contribution >= 0.6 is 0 Å². The summed E-state index contributed by atoms with van der Waals surface area (Å²) in [7, 11) is -9.73. The fourth-order valence-electron chi connectivity index (χ4n) is 3.03. The van der Waals surface area contributed by atoms with Crippen LogP contribution in [-0.2, 0) is 34.4 Å². The zero-order valence-corrected chi connectivity index (χ0v) is 24.0. The number of para-hydroxylation sites is 1. The average molecular weight is 683 g/mol. The van der Waals surface area contributed by atoms with E-state index in [1.165, 1.54) is 6.08 Å². The lowest BCUT2D eigenvalue weighted by molar-refractivity contribution is -0.195. The van der Waals surface area contributed by atoms with E-state index in [0.29, 0.717) is 37.4 Å². The molecule has 43 heavy (non-hydrogen) atoms. The number of rotatable bonds is 4. The van der Waals surface area contributed by atoms with E-state index in [1.807, 2.05) is 19.0 Å². The van der Waals surface area contributed by atoms with Crippen molar-refractivity contribution in [1.29, 1.82) is 0 Å². The number of carbonyl (C=O) groups excluding carboxylic acids is 2. The maximum absolute atomic E-state index is 12.4. The highest BCUT2D eigenvalue weighted by Crippen LogP contribution is 2.38. The minimum atomic E-state index is -6.81. The van der Waals surface area contributed by atoms with E-state index < -0.39 is 52.6 Å². The highest BCUT2D eigenvalue weighted by molar-refractivity contribution is 8.11. The number of sulfonamides is 2. The molecular formula is C22H28F9N3O7S2. The molecule has 248 valence electrons. The summed E-state index contributed by atoms with van der Waals surface area (Å²) in [4.78, 5) is 25.1. The number of likely N-dealkylation sites (N-methyl/N-ethyl adjacent to an activating group) is 1. The minimum absolute atomic E-state index is 0. The second-order valence-corrected chi connectivity index (χ2v) is 12.6. The van der Waals surface area contributed by atoms with Gasteiger partial charge in [-0.05, 0) is 32.3 Å². The Morgan fingerprint density at radius 1 is 0.791 bits per heavy atom. The molecule has 0 N–H and O–H groups in total. The molecule has 0 aliphatic carbocycles. The van der Waals surface area contributed by atoms with Crippen LogP contribution in [0.3, 0.4) is 0 Å². The third kappa shape index (κ3) is 11.3. The average Bonchev–Trinajstić information content (AvgIpc) is 2.86. The molecule has 0 saturated carbocycles. The van der Waals surface area contributed by atoms with E-state index >= 15 is 0 Å². The second-order valence-electron chi connectivity index (χ2n) is 8.85. The number of hydrogen-bond donors (Lipinski definition) is 0. The van der Waals surface area contributed by atoms with Crippen LogP contribution in [0.4, 0.5) is 45.2 Å². The number of hydrogen-bond acceptors (Lipinski definition) is 9. The molecule has 0 unspecified atom stereocenters. The van der Waals surface area contributed by atoms with Gasteiger partial charge < -0.3 is 14.5 Å². The van der Waals surface area contributed by atoms with Crippen molar-refractivity contribution in [3.63, 3.8) is 0 Å². The number of esters is 1. The van der Waals surface area contributed by atoms with Gasteiger partial charge in [0.1, 0.15) is 11.5 Å². The highest BCUT2D eigenvalue weighted by Gasteiger charge is 2.61. The molecule has 1 aromatic rings. The fourth-order valence-corrected chi connectivity index (χ4v) is 5.75. The van der Waals surface area contributed by atoms with Gasteiger partial charge in [0.2, 0.25) is 0 Å². The van der Waals surface area contributed by atoms with Crippen molar-refractivity contribution in [2.45, 2.75) is 36.5 Å². The maximum atomic E-state index is 12.4. The van der Waals surface area contributed by atoms with Gasteiger partial charge in [0.05, 0.1) is 5.69 Å². The first-order valence-electron chi connectivity index (χ1n) is 11.8. The Morgan fingerprint density at radius 2 is 1.23 bits per heavy atom. The van der Waals surface area contributed by atoms with Gasteiger partial charge in [0, 0.05) is 46.9 Å². The van der Waals surface area contributed by atoms with E-state index in [2.05, 4.69) is 9.64 Å². The van der Waals surface area contributed by atoms with Gasteiger partial charge >= 0.3 is 43.2 Å². The standard InChI is InChI=1S/C8H5F6NO4S2.C8H10F3NO2.C6H11NO.H2/c9-7(10,11)20(16,17)15(6-4-2-1-3-5-6)21(18,19)8(12,13)14;1-12-4-2-6(3-5-12)14-7(13)8(9,10)11;1-7-4-2-6(8)3-5-7;/h1-5H;2H,3-5H2,1H3;2-5H2,1H3;1H/i;;;1+1. The van der Waals surface area contributed by atoms with Crippen molar-refractivity contribution in [2.75, 3.05) is 44.0 Å². The smallest absolute Gasteiger partial charge is 0.425 e. The van der Waals surface area contributed by atoms with Crippen LogP contribution in [0, 0.1) is 0 Å². The van der Waals surface area contributed by atoms with Crippen LogP contribution in [0.15, 0.2) is 42.2 Å². The Bertz CT molecular complexity index is 1300. The van der Waals surface area contributed by atoms with Crippen LogP contribution < -0.4 is 3.71 Å². The topological polar surface area (TPSA) is 121 Å². The quantitative estimate of drug-likeness (QED) is 0.343. The molecule has 3 rings (SSSR count). The summed E-state index contributed by atoms with van der Waals surface area (Å²) in [6.45, 7) is 3.01. The molecular weight excluding hydrogens is 653 g/mol. The van der Waals surface area contributed by atoms with Crippen LogP contribution in [0.2, 0.25) is 0 Å². The van der Waals surface area contributed by atoms with Crippen molar-refractivity contribution < 1.29 is 72.1 Å². The molecule has 1 saturated heterocycles. The lowest BCUT2D eigenvalue weighted by Crippen LogP contribution is -2.49. The predicted octanol–water partition coefficient (Wildman–Crippen LogP) is 4.03. The molecule has 0 radical (unpaired) electrons. The van der Waals surface area contributed by atoms with Crippen molar-refractivity contribution in [2.24, 2.45) is 0 Å². The molecule has 0 bridgehead atoms. The molecule has 0 amide bonds. The zero-order valence-electron chi connectivity index (χ0n) is 22.3. The van der Waals surface area contributed by atoms with Crippen LogP contribution in [0.1, 0.15) is 20.7 Å².